The number of hydrogen-bond donors (Lipinski definition) is 0. The van der Waals surface area contributed by atoms with E-state index in [9.17, 15) is 4.39 Å². The Kier molecular flexibility index (Phi) is 4.45. The van der Waals surface area contributed by atoms with Crippen LogP contribution in [0, 0.1) is 24.1 Å². The lowest BCUT2D eigenvalue weighted by atomic mass is 9.99. The monoisotopic (exact) mass is 220 g/mol. The van der Waals surface area contributed by atoms with Crippen molar-refractivity contribution in [3.8, 4) is 6.07 Å². The molecule has 3 heteroatoms. The molecule has 86 valence electrons. The van der Waals surface area contributed by atoms with Crippen LogP contribution in [0.15, 0.2) is 18.2 Å². The Balaban J connectivity index is 2.93. The first kappa shape index (κ1) is 12.7. The summed E-state index contributed by atoms with van der Waals surface area (Å²) in [4.78, 5) is 2.06. The maximum Gasteiger partial charge on any atom is 0.126 e. The van der Waals surface area contributed by atoms with E-state index in [4.69, 9.17) is 5.26 Å². The van der Waals surface area contributed by atoms with Crippen molar-refractivity contribution in [2.75, 3.05) is 14.1 Å². The van der Waals surface area contributed by atoms with Crippen LogP contribution in [0.25, 0.3) is 0 Å². The zero-order valence-corrected chi connectivity index (χ0v) is 10.00. The number of rotatable bonds is 4. The number of nitrogens with zero attached hydrogens (tertiary/aromatic N) is 2. The Morgan fingerprint density at radius 3 is 2.62 bits per heavy atom. The lowest BCUT2D eigenvalue weighted by Gasteiger charge is -2.24. The normalized spacial score (nSPS) is 12.5. The second-order valence-corrected chi connectivity index (χ2v) is 4.18. The van der Waals surface area contributed by atoms with Crippen LogP contribution in [-0.2, 0) is 0 Å². The second-order valence-electron chi connectivity index (χ2n) is 4.18. The minimum absolute atomic E-state index is 0.179. The molecular weight excluding hydrogens is 203 g/mol. The van der Waals surface area contributed by atoms with E-state index in [0.29, 0.717) is 12.0 Å². The van der Waals surface area contributed by atoms with Gasteiger partial charge in [-0.25, -0.2) is 4.39 Å². The lowest BCUT2D eigenvalue weighted by Crippen LogP contribution is -2.20. The predicted octanol–water partition coefficient (Wildman–Crippen LogP) is 3.04. The van der Waals surface area contributed by atoms with Gasteiger partial charge < -0.3 is 4.90 Å². The Bertz CT molecular complexity index is 393. The maximum atomic E-state index is 13.1. The van der Waals surface area contributed by atoms with Gasteiger partial charge in [0.15, 0.2) is 0 Å². The summed E-state index contributed by atoms with van der Waals surface area (Å²) in [6.45, 7) is 1.76. The molecule has 1 unspecified atom stereocenters. The highest BCUT2D eigenvalue weighted by Gasteiger charge is 2.14. The minimum Gasteiger partial charge on any atom is -0.302 e. The summed E-state index contributed by atoms with van der Waals surface area (Å²) in [5.74, 6) is -0.179. The van der Waals surface area contributed by atoms with Gasteiger partial charge in [0.25, 0.3) is 0 Å². The fraction of sp³-hybridized carbons (Fsp3) is 0.462. The lowest BCUT2D eigenvalue weighted by molar-refractivity contribution is 0.286. The van der Waals surface area contributed by atoms with E-state index in [2.05, 4.69) is 11.0 Å². The molecule has 1 aromatic carbocycles. The Morgan fingerprint density at radius 1 is 1.44 bits per heavy atom. The molecule has 16 heavy (non-hydrogen) atoms. The van der Waals surface area contributed by atoms with Crippen LogP contribution in [-0.4, -0.2) is 19.0 Å². The molecule has 0 radical (unpaired) electrons. The average molecular weight is 220 g/mol. The summed E-state index contributed by atoms with van der Waals surface area (Å²) in [7, 11) is 3.95. The van der Waals surface area contributed by atoms with Gasteiger partial charge in [-0.05, 0) is 44.6 Å². The third kappa shape index (κ3) is 3.04. The van der Waals surface area contributed by atoms with Crippen molar-refractivity contribution < 1.29 is 4.39 Å². The van der Waals surface area contributed by atoms with Crippen molar-refractivity contribution in [1.82, 2.24) is 4.90 Å². The zero-order chi connectivity index (χ0) is 12.1. The van der Waals surface area contributed by atoms with Gasteiger partial charge in [0.05, 0.1) is 6.07 Å². The van der Waals surface area contributed by atoms with Crippen molar-refractivity contribution in [2.24, 2.45) is 0 Å². The van der Waals surface area contributed by atoms with Crippen molar-refractivity contribution in [2.45, 2.75) is 25.8 Å². The van der Waals surface area contributed by atoms with Crippen molar-refractivity contribution >= 4 is 0 Å². The number of halogens is 1. The van der Waals surface area contributed by atoms with Gasteiger partial charge in [0.1, 0.15) is 5.82 Å². The fourth-order valence-corrected chi connectivity index (χ4v) is 1.80. The molecule has 0 saturated carbocycles. The number of hydrogen-bond acceptors (Lipinski definition) is 2. The number of benzene rings is 1. The second kappa shape index (κ2) is 5.62. The molecule has 0 saturated heterocycles. The number of aryl methyl sites for hydroxylation is 1. The van der Waals surface area contributed by atoms with E-state index in [-0.39, 0.29) is 11.9 Å². The fourth-order valence-electron chi connectivity index (χ4n) is 1.80. The molecule has 2 nitrogen and oxygen atoms in total. The van der Waals surface area contributed by atoms with Gasteiger partial charge in [-0.2, -0.15) is 5.26 Å². The van der Waals surface area contributed by atoms with Crippen LogP contribution < -0.4 is 0 Å². The van der Waals surface area contributed by atoms with E-state index < -0.39 is 0 Å². The van der Waals surface area contributed by atoms with Crippen LogP contribution in [0.2, 0.25) is 0 Å². The predicted molar refractivity (Wildman–Crippen MR) is 62.4 cm³/mol. The highest BCUT2D eigenvalue weighted by molar-refractivity contribution is 5.26. The Hall–Kier alpha value is -1.40. The molecular formula is C13H17FN2. The van der Waals surface area contributed by atoms with Gasteiger partial charge in [-0.15, -0.1) is 0 Å². The Labute approximate surface area is 96.3 Å². The van der Waals surface area contributed by atoms with Gasteiger partial charge in [-0.1, -0.05) is 12.1 Å². The summed E-state index contributed by atoms with van der Waals surface area (Å²) in [6, 6.07) is 7.48. The van der Waals surface area contributed by atoms with Crippen LogP contribution in [0.4, 0.5) is 4.39 Å². The summed E-state index contributed by atoms with van der Waals surface area (Å²) in [6.07, 6.45) is 1.29. The van der Waals surface area contributed by atoms with E-state index in [1.807, 2.05) is 20.2 Å². The molecule has 0 spiro atoms. The molecule has 0 amide bonds. The number of nitriles is 1. The van der Waals surface area contributed by atoms with E-state index in [1.165, 1.54) is 6.07 Å². The van der Waals surface area contributed by atoms with Gasteiger partial charge in [0.2, 0.25) is 0 Å². The standard InChI is InChI=1S/C13H17FN2/c1-10-9-11(6-7-12(10)14)13(16(2)3)5-4-8-15/h6-7,9,13H,4-5H2,1-3H3. The van der Waals surface area contributed by atoms with Gasteiger partial charge in [-0.3, -0.25) is 0 Å². The van der Waals surface area contributed by atoms with Crippen LogP contribution in [0.1, 0.15) is 30.0 Å². The molecule has 0 fully saturated rings. The third-order valence-electron chi connectivity index (χ3n) is 2.72. The molecule has 1 aromatic rings. The summed E-state index contributed by atoms with van der Waals surface area (Å²) in [5.41, 5.74) is 1.72. The van der Waals surface area contributed by atoms with Crippen LogP contribution in [0.3, 0.4) is 0 Å². The van der Waals surface area contributed by atoms with Gasteiger partial charge in [0, 0.05) is 12.5 Å². The molecule has 0 heterocycles. The molecule has 0 aliphatic rings. The maximum absolute atomic E-state index is 13.1. The zero-order valence-electron chi connectivity index (χ0n) is 10.00. The smallest absolute Gasteiger partial charge is 0.126 e. The largest absolute Gasteiger partial charge is 0.302 e. The molecule has 1 atom stereocenters. The molecule has 0 N–H and O–H groups in total. The molecule has 1 rings (SSSR count). The summed E-state index contributed by atoms with van der Waals surface area (Å²) < 4.78 is 13.1. The molecule has 0 aliphatic carbocycles. The van der Waals surface area contributed by atoms with E-state index in [0.717, 1.165) is 12.0 Å². The topological polar surface area (TPSA) is 27.0 Å². The highest BCUT2D eigenvalue weighted by Crippen LogP contribution is 2.24. The minimum atomic E-state index is -0.179. The summed E-state index contributed by atoms with van der Waals surface area (Å²) >= 11 is 0. The summed E-state index contributed by atoms with van der Waals surface area (Å²) in [5, 5.41) is 8.61. The van der Waals surface area contributed by atoms with Crippen molar-refractivity contribution in [3.63, 3.8) is 0 Å². The van der Waals surface area contributed by atoms with E-state index in [1.54, 1.807) is 13.0 Å². The third-order valence-corrected chi connectivity index (χ3v) is 2.72. The SMILES string of the molecule is Cc1cc(C(CCC#N)N(C)C)ccc1F. The van der Waals surface area contributed by atoms with Gasteiger partial charge >= 0.3 is 0 Å². The van der Waals surface area contributed by atoms with E-state index >= 15 is 0 Å². The van der Waals surface area contributed by atoms with Crippen molar-refractivity contribution in [1.29, 1.82) is 5.26 Å². The molecule has 0 aliphatic heterocycles. The quantitative estimate of drug-likeness (QED) is 0.779. The Morgan fingerprint density at radius 2 is 2.12 bits per heavy atom. The first-order valence-electron chi connectivity index (χ1n) is 5.35. The highest BCUT2D eigenvalue weighted by atomic mass is 19.1. The first-order chi connectivity index (χ1) is 7.56. The van der Waals surface area contributed by atoms with Crippen molar-refractivity contribution in [3.05, 3.63) is 35.1 Å². The average Bonchev–Trinajstić information content (AvgIpc) is 2.23. The first-order valence-corrected chi connectivity index (χ1v) is 5.35. The molecule has 0 bridgehead atoms. The van der Waals surface area contributed by atoms with Crippen LogP contribution in [0.5, 0.6) is 0 Å². The molecule has 0 aromatic heterocycles. The van der Waals surface area contributed by atoms with Crippen LogP contribution >= 0.6 is 0 Å².